The highest BCUT2D eigenvalue weighted by atomic mass is 19.1. The van der Waals surface area contributed by atoms with Crippen molar-refractivity contribution in [3.63, 3.8) is 0 Å². The van der Waals surface area contributed by atoms with Crippen LogP contribution < -0.4 is 21.3 Å². The lowest BCUT2D eigenvalue weighted by atomic mass is 9.99. The molecule has 13 nitrogen and oxygen atoms in total. The van der Waals surface area contributed by atoms with Crippen LogP contribution in [0.25, 0.3) is 33.5 Å². The minimum Gasteiger partial charge on any atom is -0.352 e. The Kier molecular flexibility index (Phi) is 16.7. The maximum atomic E-state index is 15.0. The molecular weight excluding hydrogens is 807 g/mol. The Morgan fingerprint density at radius 2 is 1.55 bits per heavy atom. The number of carbonyl (C=O) groups excluding carboxylic acids is 4. The summed E-state index contributed by atoms with van der Waals surface area (Å²) in [5.41, 5.74) is 2.71. The molecule has 340 valence electrons. The van der Waals surface area contributed by atoms with Crippen molar-refractivity contribution >= 4 is 46.4 Å². The summed E-state index contributed by atoms with van der Waals surface area (Å²) in [6.45, 7) is 10.0. The number of hydrogen-bond donors (Lipinski definition) is 5. The fourth-order valence-electron chi connectivity index (χ4n) is 7.95. The average Bonchev–Trinajstić information content (AvgIpc) is 3.59. The molecular formula is C45H63F4N9O4. The molecule has 5 N–H and O–H groups in total. The van der Waals surface area contributed by atoms with Gasteiger partial charge in [-0.15, -0.1) is 0 Å². The van der Waals surface area contributed by atoms with Gasteiger partial charge in [0.05, 0.1) is 54.0 Å². The van der Waals surface area contributed by atoms with E-state index in [0.717, 1.165) is 24.7 Å². The molecule has 2 aromatic heterocycles. The van der Waals surface area contributed by atoms with Gasteiger partial charge < -0.3 is 45.4 Å². The van der Waals surface area contributed by atoms with Gasteiger partial charge in [-0.3, -0.25) is 14.4 Å². The molecule has 2 aromatic carbocycles. The number of alkyl halides is 2. The Labute approximate surface area is 361 Å². The molecule has 3 aliphatic rings. The Balaban J connectivity index is 0.000000340. The van der Waals surface area contributed by atoms with Crippen LogP contribution in [0, 0.1) is 23.5 Å². The molecule has 1 aliphatic carbocycles. The first-order valence-corrected chi connectivity index (χ1v) is 21.6. The van der Waals surface area contributed by atoms with Gasteiger partial charge in [-0.05, 0) is 109 Å². The molecule has 0 spiro atoms. The van der Waals surface area contributed by atoms with Crippen molar-refractivity contribution < 1.29 is 36.7 Å². The van der Waals surface area contributed by atoms with E-state index in [2.05, 4.69) is 40.1 Å². The number of imidazole rings is 1. The number of rotatable bonds is 15. The second-order valence-corrected chi connectivity index (χ2v) is 17.2. The predicted molar refractivity (Wildman–Crippen MR) is 233 cm³/mol. The number of H-pyrrole nitrogens is 1. The third-order valence-electron chi connectivity index (χ3n) is 12.3. The number of halogens is 4. The number of nitrogens with zero attached hydrogens (tertiary/aromatic N) is 4. The SMILES string of the molecule is CNC(C(=O)N1CC(F)CC1Cc1c(-c2nc3cc(F)ccc3n2CC2CC(F)CN2C=O)[nH]c2cc(F)ccc12)C1CC1.CNC(C)C(=O)NC(C)C(C)C.CNC(C)C=O. The number of benzene rings is 2. The van der Waals surface area contributed by atoms with Crippen molar-refractivity contribution in [1.82, 2.24) is 45.6 Å². The van der Waals surface area contributed by atoms with E-state index in [1.54, 1.807) is 45.1 Å². The molecule has 2 aliphatic heterocycles. The monoisotopic (exact) mass is 869 g/mol. The van der Waals surface area contributed by atoms with Gasteiger partial charge in [0.1, 0.15) is 30.3 Å². The smallest absolute Gasteiger partial charge is 0.240 e. The molecule has 1 saturated carbocycles. The van der Waals surface area contributed by atoms with Crippen molar-refractivity contribution in [1.29, 1.82) is 0 Å². The van der Waals surface area contributed by atoms with Crippen LogP contribution in [0.4, 0.5) is 17.6 Å². The first kappa shape index (κ1) is 48.2. The van der Waals surface area contributed by atoms with Gasteiger partial charge in [-0.2, -0.15) is 0 Å². The van der Waals surface area contributed by atoms with Crippen molar-refractivity contribution in [3.8, 4) is 11.5 Å². The lowest BCUT2D eigenvalue weighted by Gasteiger charge is -2.29. The third-order valence-corrected chi connectivity index (χ3v) is 12.3. The number of nitrogens with one attached hydrogen (secondary N) is 5. The highest BCUT2D eigenvalue weighted by molar-refractivity contribution is 5.92. The van der Waals surface area contributed by atoms with Gasteiger partial charge >= 0.3 is 0 Å². The van der Waals surface area contributed by atoms with Gasteiger partial charge in [0.25, 0.3) is 0 Å². The van der Waals surface area contributed by atoms with Gasteiger partial charge in [0.15, 0.2) is 5.82 Å². The fourth-order valence-corrected chi connectivity index (χ4v) is 7.95. The van der Waals surface area contributed by atoms with Crippen LogP contribution in [0.5, 0.6) is 0 Å². The fraction of sp³-hybridized carbons (Fsp3) is 0.578. The first-order valence-electron chi connectivity index (χ1n) is 21.6. The van der Waals surface area contributed by atoms with Crippen LogP contribution in [0.15, 0.2) is 36.4 Å². The number of fused-ring (bicyclic) bond motifs is 2. The van der Waals surface area contributed by atoms with Gasteiger partial charge in [-0.25, -0.2) is 22.5 Å². The summed E-state index contributed by atoms with van der Waals surface area (Å²) in [7, 11) is 5.28. The van der Waals surface area contributed by atoms with Crippen molar-refractivity contribution in [2.45, 2.75) is 122 Å². The Bertz CT molecular complexity index is 2160. The minimum atomic E-state index is -1.18. The predicted octanol–water partition coefficient (Wildman–Crippen LogP) is 5.06. The van der Waals surface area contributed by atoms with E-state index in [9.17, 15) is 36.7 Å². The van der Waals surface area contributed by atoms with E-state index in [4.69, 9.17) is 4.98 Å². The highest BCUT2D eigenvalue weighted by Crippen LogP contribution is 2.38. The van der Waals surface area contributed by atoms with Crippen LogP contribution >= 0.6 is 0 Å². The lowest BCUT2D eigenvalue weighted by molar-refractivity contribution is -0.135. The topological polar surface area (TPSA) is 156 Å². The van der Waals surface area contributed by atoms with E-state index in [0.29, 0.717) is 45.8 Å². The van der Waals surface area contributed by atoms with E-state index in [-0.39, 0.29) is 80.8 Å². The standard InChI is InChI=1S/C32H34F4N6O2.C9H20N2O.C4H9NO/c1-37-29(17-2-3-17)32(44)41-14-21(36)8-22(41)12-25-24-6-4-18(33)10-26(24)38-30(25)31-39-27-11-19(34)5-7-28(27)42(31)15-23-9-20(35)13-40(23)16-43;1-6(2)7(3)11-9(12)8(4)10-5;1-4(3-6)5-2/h4-7,10-11,16-17,20-23,29,37-38H,2-3,8-9,12-15H2,1H3;6-8,10H,1-5H3,(H,11,12);3-5H,1-2H3. The molecule has 3 amide bonds. The third kappa shape index (κ3) is 11.6. The van der Waals surface area contributed by atoms with Crippen LogP contribution in [0.1, 0.15) is 65.9 Å². The van der Waals surface area contributed by atoms with E-state index >= 15 is 0 Å². The summed E-state index contributed by atoms with van der Waals surface area (Å²) in [6.07, 6.45) is 1.66. The number of aromatic nitrogens is 3. The number of hydrogen-bond acceptors (Lipinski definition) is 8. The molecule has 3 fully saturated rings. The molecule has 0 radical (unpaired) electrons. The van der Waals surface area contributed by atoms with Crippen LogP contribution in [0.2, 0.25) is 0 Å². The second-order valence-electron chi connectivity index (χ2n) is 17.2. The molecule has 17 heteroatoms. The van der Waals surface area contributed by atoms with Crippen LogP contribution in [-0.4, -0.2) is 132 Å². The molecule has 0 bridgehead atoms. The summed E-state index contributed by atoms with van der Waals surface area (Å²) in [6, 6.07) is 7.46. The zero-order valence-corrected chi connectivity index (χ0v) is 37.0. The van der Waals surface area contributed by atoms with E-state index in [1.165, 1.54) is 29.2 Å². The molecule has 8 atom stereocenters. The number of aldehydes is 1. The summed E-state index contributed by atoms with van der Waals surface area (Å²) in [5, 5.41) is 12.4. The minimum absolute atomic E-state index is 0.00463. The maximum absolute atomic E-state index is 15.0. The Hall–Kier alpha value is -4.87. The Morgan fingerprint density at radius 3 is 2.15 bits per heavy atom. The van der Waals surface area contributed by atoms with Gasteiger partial charge in [0, 0.05) is 48.4 Å². The van der Waals surface area contributed by atoms with Crippen molar-refractivity contribution in [2.24, 2.45) is 11.8 Å². The normalized spacial score (nSPS) is 21.8. The van der Waals surface area contributed by atoms with Crippen LogP contribution in [0.3, 0.4) is 0 Å². The maximum Gasteiger partial charge on any atom is 0.240 e. The number of amides is 3. The number of carbonyl (C=O) groups is 4. The summed E-state index contributed by atoms with van der Waals surface area (Å²) < 4.78 is 60.0. The molecule has 2 saturated heterocycles. The summed E-state index contributed by atoms with van der Waals surface area (Å²) in [5.74, 6) is 0.156. The molecule has 4 heterocycles. The second kappa shape index (κ2) is 21.5. The first-order chi connectivity index (χ1) is 29.5. The molecule has 62 heavy (non-hydrogen) atoms. The van der Waals surface area contributed by atoms with Crippen LogP contribution in [-0.2, 0) is 32.1 Å². The zero-order chi connectivity index (χ0) is 45.4. The molecule has 7 rings (SSSR count). The molecule has 4 aromatic rings. The van der Waals surface area contributed by atoms with Crippen molar-refractivity contribution in [3.05, 3.63) is 53.6 Å². The van der Waals surface area contributed by atoms with Crippen molar-refractivity contribution in [2.75, 3.05) is 34.2 Å². The Morgan fingerprint density at radius 1 is 0.887 bits per heavy atom. The molecule has 8 unspecified atom stereocenters. The quantitative estimate of drug-likeness (QED) is 0.0821. The largest absolute Gasteiger partial charge is 0.352 e. The number of likely N-dealkylation sites (N-methyl/N-ethyl adjacent to an activating group) is 3. The van der Waals surface area contributed by atoms with Gasteiger partial charge in [0.2, 0.25) is 18.2 Å². The average molecular weight is 870 g/mol. The number of likely N-dealkylation sites (tertiary alicyclic amines) is 2. The van der Waals surface area contributed by atoms with E-state index in [1.807, 2.05) is 18.4 Å². The van der Waals surface area contributed by atoms with Gasteiger partial charge in [-0.1, -0.05) is 13.8 Å². The van der Waals surface area contributed by atoms with E-state index < -0.39 is 36.1 Å². The lowest BCUT2D eigenvalue weighted by Crippen LogP contribution is -2.49. The summed E-state index contributed by atoms with van der Waals surface area (Å²) in [4.78, 5) is 57.5. The summed E-state index contributed by atoms with van der Waals surface area (Å²) >= 11 is 0. The zero-order valence-electron chi connectivity index (χ0n) is 37.0. The number of aromatic amines is 1. The highest BCUT2D eigenvalue weighted by Gasteiger charge is 2.43.